The molecule has 1 heterocycles. The van der Waals surface area contributed by atoms with Crippen molar-refractivity contribution in [2.45, 2.75) is 18.9 Å². The lowest BCUT2D eigenvalue weighted by Crippen LogP contribution is -2.33. The maximum atomic E-state index is 11.7. The number of methoxy groups -OCH3 is 1. The molecule has 1 saturated heterocycles. The minimum absolute atomic E-state index is 0.0601. The van der Waals surface area contributed by atoms with Crippen LogP contribution >= 0.6 is 11.8 Å². The average Bonchev–Trinajstić information content (AvgIpc) is 3.06. The highest BCUT2D eigenvalue weighted by Gasteiger charge is 2.15. The van der Waals surface area contributed by atoms with E-state index in [1.807, 2.05) is 24.3 Å². The molecule has 1 atom stereocenters. The number of carbonyl (C=O) groups is 1. The maximum Gasteiger partial charge on any atom is 0.230 e. The molecule has 122 valence electrons. The van der Waals surface area contributed by atoms with Crippen LogP contribution in [0.3, 0.4) is 0 Å². The standard InChI is InChI=1S/C16H23NO4S/c1-19-13-4-6-14(7-5-13)21-9-10-22-12-16(18)17-11-15-3-2-8-20-15/h4-7,15H,2-3,8-12H2,1H3,(H,17,18). The molecule has 2 rings (SSSR count). The highest BCUT2D eigenvalue weighted by atomic mass is 32.2. The molecule has 22 heavy (non-hydrogen) atoms. The Morgan fingerprint density at radius 3 is 2.82 bits per heavy atom. The predicted octanol–water partition coefficient (Wildman–Crippen LogP) is 2.10. The Kier molecular flexibility index (Phi) is 7.39. The topological polar surface area (TPSA) is 56.8 Å². The predicted molar refractivity (Wildman–Crippen MR) is 87.8 cm³/mol. The lowest BCUT2D eigenvalue weighted by Gasteiger charge is -2.10. The second-order valence-corrected chi connectivity index (χ2v) is 6.12. The van der Waals surface area contributed by atoms with Crippen molar-refractivity contribution in [2.75, 3.05) is 38.4 Å². The number of thioether (sulfide) groups is 1. The highest BCUT2D eigenvalue weighted by molar-refractivity contribution is 7.99. The van der Waals surface area contributed by atoms with Crippen molar-refractivity contribution in [3.63, 3.8) is 0 Å². The van der Waals surface area contributed by atoms with Gasteiger partial charge in [0.1, 0.15) is 11.5 Å². The third-order valence-electron chi connectivity index (χ3n) is 3.34. The van der Waals surface area contributed by atoms with E-state index in [2.05, 4.69) is 5.32 Å². The molecule has 5 nitrogen and oxygen atoms in total. The second kappa shape index (κ2) is 9.58. The fraction of sp³-hybridized carbons (Fsp3) is 0.562. The first-order valence-electron chi connectivity index (χ1n) is 7.51. The first-order valence-corrected chi connectivity index (χ1v) is 8.66. The number of hydrogen-bond acceptors (Lipinski definition) is 5. The Morgan fingerprint density at radius 2 is 2.14 bits per heavy atom. The van der Waals surface area contributed by atoms with E-state index in [1.165, 1.54) is 0 Å². The molecule has 1 aliphatic heterocycles. The molecular formula is C16H23NO4S. The Hall–Kier alpha value is -1.40. The van der Waals surface area contributed by atoms with Gasteiger partial charge in [-0.25, -0.2) is 0 Å². The fourth-order valence-corrected chi connectivity index (χ4v) is 2.77. The first-order chi connectivity index (χ1) is 10.8. The monoisotopic (exact) mass is 325 g/mol. The number of rotatable bonds is 9. The van der Waals surface area contributed by atoms with Crippen LogP contribution < -0.4 is 14.8 Å². The summed E-state index contributed by atoms with van der Waals surface area (Å²) < 4.78 is 16.1. The van der Waals surface area contributed by atoms with Gasteiger partial charge >= 0.3 is 0 Å². The zero-order chi connectivity index (χ0) is 15.6. The van der Waals surface area contributed by atoms with Crippen LogP contribution in [0.4, 0.5) is 0 Å². The van der Waals surface area contributed by atoms with Crippen LogP contribution in [-0.2, 0) is 9.53 Å². The normalized spacial score (nSPS) is 17.2. The number of carbonyl (C=O) groups excluding carboxylic acids is 1. The van der Waals surface area contributed by atoms with Gasteiger partial charge in [0.25, 0.3) is 0 Å². The van der Waals surface area contributed by atoms with Crippen molar-refractivity contribution in [2.24, 2.45) is 0 Å². The minimum Gasteiger partial charge on any atom is -0.497 e. The van der Waals surface area contributed by atoms with E-state index in [0.29, 0.717) is 18.9 Å². The van der Waals surface area contributed by atoms with Crippen molar-refractivity contribution >= 4 is 17.7 Å². The summed E-state index contributed by atoms with van der Waals surface area (Å²) in [5.41, 5.74) is 0. The van der Waals surface area contributed by atoms with E-state index < -0.39 is 0 Å². The maximum absolute atomic E-state index is 11.7. The minimum atomic E-state index is 0.0601. The molecule has 1 N–H and O–H groups in total. The lowest BCUT2D eigenvalue weighted by atomic mass is 10.2. The Bertz CT molecular complexity index is 446. The largest absolute Gasteiger partial charge is 0.497 e. The van der Waals surface area contributed by atoms with Crippen LogP contribution in [0.25, 0.3) is 0 Å². The summed E-state index contributed by atoms with van der Waals surface area (Å²) in [6.45, 7) is 2.02. The van der Waals surface area contributed by atoms with Crippen LogP contribution in [0, 0.1) is 0 Å². The van der Waals surface area contributed by atoms with Crippen LogP contribution in [-0.4, -0.2) is 50.4 Å². The first kappa shape index (κ1) is 17.0. The summed E-state index contributed by atoms with van der Waals surface area (Å²) in [6.07, 6.45) is 2.34. The van der Waals surface area contributed by atoms with Gasteiger partial charge < -0.3 is 19.5 Å². The van der Waals surface area contributed by atoms with E-state index >= 15 is 0 Å². The van der Waals surface area contributed by atoms with Gasteiger partial charge in [0.15, 0.2) is 0 Å². The zero-order valence-electron chi connectivity index (χ0n) is 12.9. The molecule has 0 aliphatic carbocycles. The Balaban J connectivity index is 1.50. The van der Waals surface area contributed by atoms with Crippen LogP contribution in [0.5, 0.6) is 11.5 Å². The molecule has 0 radical (unpaired) electrons. The summed E-state index contributed by atoms with van der Waals surface area (Å²) in [7, 11) is 1.64. The number of ether oxygens (including phenoxy) is 3. The molecule has 0 aromatic heterocycles. The molecule has 1 unspecified atom stereocenters. The van der Waals surface area contributed by atoms with Gasteiger partial charge in [0.05, 0.1) is 25.6 Å². The molecule has 0 saturated carbocycles. The van der Waals surface area contributed by atoms with E-state index in [1.54, 1.807) is 18.9 Å². The van der Waals surface area contributed by atoms with E-state index in [0.717, 1.165) is 36.7 Å². The molecule has 1 aliphatic rings. The van der Waals surface area contributed by atoms with Crippen molar-refractivity contribution < 1.29 is 19.0 Å². The van der Waals surface area contributed by atoms with Gasteiger partial charge in [-0.2, -0.15) is 0 Å². The molecule has 1 aromatic rings. The van der Waals surface area contributed by atoms with Gasteiger partial charge in [0.2, 0.25) is 5.91 Å². The van der Waals surface area contributed by atoms with Gasteiger partial charge in [-0.15, -0.1) is 11.8 Å². The molecule has 1 aromatic carbocycles. The zero-order valence-corrected chi connectivity index (χ0v) is 13.7. The lowest BCUT2D eigenvalue weighted by molar-refractivity contribution is -0.119. The van der Waals surface area contributed by atoms with Crippen molar-refractivity contribution in [3.05, 3.63) is 24.3 Å². The molecule has 0 bridgehead atoms. The SMILES string of the molecule is COc1ccc(OCCSCC(=O)NCC2CCCO2)cc1. The molecule has 0 spiro atoms. The summed E-state index contributed by atoms with van der Waals surface area (Å²) >= 11 is 1.57. The van der Waals surface area contributed by atoms with Gasteiger partial charge in [-0.1, -0.05) is 0 Å². The fourth-order valence-electron chi connectivity index (χ4n) is 2.14. The number of nitrogens with one attached hydrogen (secondary N) is 1. The smallest absolute Gasteiger partial charge is 0.230 e. The molecule has 1 fully saturated rings. The summed E-state index contributed by atoms with van der Waals surface area (Å²) in [5.74, 6) is 2.91. The average molecular weight is 325 g/mol. The number of hydrogen-bond donors (Lipinski definition) is 1. The quantitative estimate of drug-likeness (QED) is 0.705. The molecule has 1 amide bonds. The molecular weight excluding hydrogens is 302 g/mol. The van der Waals surface area contributed by atoms with Crippen LogP contribution in [0.2, 0.25) is 0 Å². The van der Waals surface area contributed by atoms with Crippen LogP contribution in [0.1, 0.15) is 12.8 Å². The summed E-state index contributed by atoms with van der Waals surface area (Å²) in [6, 6.07) is 7.47. The number of amides is 1. The van der Waals surface area contributed by atoms with E-state index in [9.17, 15) is 4.79 Å². The van der Waals surface area contributed by atoms with Crippen LogP contribution in [0.15, 0.2) is 24.3 Å². The Morgan fingerprint density at radius 1 is 1.36 bits per heavy atom. The van der Waals surface area contributed by atoms with Crippen molar-refractivity contribution in [1.82, 2.24) is 5.32 Å². The second-order valence-electron chi connectivity index (χ2n) is 5.02. The third-order valence-corrected chi connectivity index (χ3v) is 4.26. The van der Waals surface area contributed by atoms with E-state index in [4.69, 9.17) is 14.2 Å². The highest BCUT2D eigenvalue weighted by Crippen LogP contribution is 2.17. The molecule has 6 heteroatoms. The number of benzene rings is 1. The van der Waals surface area contributed by atoms with E-state index in [-0.39, 0.29) is 12.0 Å². The van der Waals surface area contributed by atoms with Gasteiger partial charge in [-0.05, 0) is 37.1 Å². The van der Waals surface area contributed by atoms with Crippen molar-refractivity contribution in [3.8, 4) is 11.5 Å². The van der Waals surface area contributed by atoms with Gasteiger partial charge in [0, 0.05) is 18.9 Å². The summed E-state index contributed by atoms with van der Waals surface area (Å²) in [5, 5.41) is 2.91. The third kappa shape index (κ3) is 6.15. The van der Waals surface area contributed by atoms with Crippen molar-refractivity contribution in [1.29, 1.82) is 0 Å². The Labute approximate surface area is 135 Å². The summed E-state index contributed by atoms with van der Waals surface area (Å²) in [4.78, 5) is 11.7. The van der Waals surface area contributed by atoms with Gasteiger partial charge in [-0.3, -0.25) is 4.79 Å².